The minimum Gasteiger partial charge on any atom is -0.338 e. The molecule has 1 amide bonds. The van der Waals surface area contributed by atoms with Crippen LogP contribution in [0.25, 0.3) is 0 Å². The number of nitrogens with zero attached hydrogens (tertiary/aromatic N) is 1. The van der Waals surface area contributed by atoms with Crippen molar-refractivity contribution in [1.82, 2.24) is 10.2 Å². The molecule has 1 aromatic rings. The number of rotatable bonds is 3. The smallest absolute Gasteiger partial charge is 0.230 e. The Labute approximate surface area is 119 Å². The van der Waals surface area contributed by atoms with Crippen molar-refractivity contribution >= 4 is 17.5 Å². The van der Waals surface area contributed by atoms with Gasteiger partial charge in [-0.3, -0.25) is 4.79 Å². The van der Waals surface area contributed by atoms with Gasteiger partial charge in [0.05, 0.1) is 11.5 Å². The number of nitrogens with one attached hydrogen (secondary N) is 1. The van der Waals surface area contributed by atoms with E-state index in [1.807, 2.05) is 50.1 Å². The second kappa shape index (κ2) is 5.51. The molecule has 19 heavy (non-hydrogen) atoms. The van der Waals surface area contributed by atoms with Gasteiger partial charge in [0.1, 0.15) is 0 Å². The molecule has 1 saturated heterocycles. The molecular formula is C15H21ClN2O. The lowest BCUT2D eigenvalue weighted by atomic mass is 9.87. The van der Waals surface area contributed by atoms with E-state index >= 15 is 0 Å². The van der Waals surface area contributed by atoms with E-state index in [0.29, 0.717) is 5.02 Å². The molecule has 0 aromatic heterocycles. The van der Waals surface area contributed by atoms with Crippen molar-refractivity contribution in [3.05, 3.63) is 34.9 Å². The van der Waals surface area contributed by atoms with Gasteiger partial charge in [0, 0.05) is 18.6 Å². The van der Waals surface area contributed by atoms with Gasteiger partial charge in [-0.15, -0.1) is 0 Å². The Bertz CT molecular complexity index is 469. The third-order valence-corrected chi connectivity index (χ3v) is 4.49. The van der Waals surface area contributed by atoms with Crippen LogP contribution in [0, 0.1) is 5.41 Å². The van der Waals surface area contributed by atoms with Crippen LogP contribution in [0.5, 0.6) is 0 Å². The topological polar surface area (TPSA) is 32.3 Å². The molecule has 1 aliphatic rings. The van der Waals surface area contributed by atoms with Gasteiger partial charge in [-0.05, 0) is 38.4 Å². The third-order valence-electron chi connectivity index (χ3n) is 4.14. The minimum atomic E-state index is -0.287. The third kappa shape index (κ3) is 2.77. The van der Waals surface area contributed by atoms with Crippen molar-refractivity contribution < 1.29 is 4.79 Å². The van der Waals surface area contributed by atoms with Crippen molar-refractivity contribution in [3.8, 4) is 0 Å². The molecule has 0 aliphatic carbocycles. The summed E-state index contributed by atoms with van der Waals surface area (Å²) < 4.78 is 0. The van der Waals surface area contributed by atoms with Crippen molar-refractivity contribution in [2.24, 2.45) is 5.41 Å². The molecule has 0 spiro atoms. The first kappa shape index (κ1) is 14.4. The van der Waals surface area contributed by atoms with Crippen LogP contribution in [-0.4, -0.2) is 30.9 Å². The summed E-state index contributed by atoms with van der Waals surface area (Å²) >= 11 is 6.21. The minimum absolute atomic E-state index is 0.0152. The van der Waals surface area contributed by atoms with Gasteiger partial charge in [-0.1, -0.05) is 29.8 Å². The second-order valence-corrected chi connectivity index (χ2v) is 6.01. The number of carbonyl (C=O) groups is 1. The molecule has 2 atom stereocenters. The van der Waals surface area contributed by atoms with E-state index in [4.69, 9.17) is 11.6 Å². The molecule has 3 nitrogen and oxygen atoms in total. The molecule has 4 heteroatoms. The summed E-state index contributed by atoms with van der Waals surface area (Å²) in [7, 11) is 1.86. The van der Waals surface area contributed by atoms with Crippen LogP contribution in [-0.2, 0) is 4.79 Å². The standard InChI is InChI=1S/C15H21ClN2O/c1-11(12-6-4-5-7-13(12)16)18(3)14(19)15(2)8-9-17-10-15/h4-7,11,17H,8-10H2,1-3H3. The lowest BCUT2D eigenvalue weighted by Gasteiger charge is -2.33. The van der Waals surface area contributed by atoms with Crippen molar-refractivity contribution in [2.75, 3.05) is 20.1 Å². The van der Waals surface area contributed by atoms with E-state index in [2.05, 4.69) is 5.32 Å². The maximum atomic E-state index is 12.6. The number of hydrogen-bond donors (Lipinski definition) is 1. The van der Waals surface area contributed by atoms with E-state index in [-0.39, 0.29) is 17.4 Å². The maximum absolute atomic E-state index is 12.6. The zero-order valence-electron chi connectivity index (χ0n) is 11.7. The first-order chi connectivity index (χ1) is 8.96. The highest BCUT2D eigenvalue weighted by Crippen LogP contribution is 2.32. The molecule has 0 radical (unpaired) electrons. The van der Waals surface area contributed by atoms with Crippen LogP contribution in [0.2, 0.25) is 5.02 Å². The first-order valence-electron chi connectivity index (χ1n) is 6.68. The van der Waals surface area contributed by atoms with E-state index in [1.165, 1.54) is 0 Å². The molecule has 1 aromatic carbocycles. The first-order valence-corrected chi connectivity index (χ1v) is 7.06. The maximum Gasteiger partial charge on any atom is 0.230 e. The van der Waals surface area contributed by atoms with Crippen molar-refractivity contribution in [2.45, 2.75) is 26.3 Å². The summed E-state index contributed by atoms with van der Waals surface area (Å²) in [6.07, 6.45) is 0.894. The molecule has 0 bridgehead atoms. The van der Waals surface area contributed by atoms with Gasteiger partial charge in [-0.25, -0.2) is 0 Å². The summed E-state index contributed by atoms with van der Waals surface area (Å²) in [4.78, 5) is 14.4. The second-order valence-electron chi connectivity index (χ2n) is 5.60. The number of hydrogen-bond acceptors (Lipinski definition) is 2. The van der Waals surface area contributed by atoms with E-state index in [0.717, 1.165) is 25.1 Å². The highest BCUT2D eigenvalue weighted by atomic mass is 35.5. The Morgan fingerprint density at radius 3 is 2.74 bits per heavy atom. The summed E-state index contributed by atoms with van der Waals surface area (Å²) in [5, 5.41) is 3.98. The van der Waals surface area contributed by atoms with Gasteiger partial charge in [0.2, 0.25) is 5.91 Å². The summed E-state index contributed by atoms with van der Waals surface area (Å²) in [6.45, 7) is 5.72. The Kier molecular flexibility index (Phi) is 4.16. The number of benzene rings is 1. The lowest BCUT2D eigenvalue weighted by Crippen LogP contribution is -2.42. The molecule has 0 saturated carbocycles. The Morgan fingerprint density at radius 2 is 2.16 bits per heavy atom. The highest BCUT2D eigenvalue weighted by molar-refractivity contribution is 6.31. The van der Waals surface area contributed by atoms with Crippen LogP contribution >= 0.6 is 11.6 Å². The average Bonchev–Trinajstić information content (AvgIpc) is 2.85. The fourth-order valence-electron chi connectivity index (χ4n) is 2.62. The van der Waals surface area contributed by atoms with Gasteiger partial charge in [0.25, 0.3) is 0 Å². The zero-order chi connectivity index (χ0) is 14.0. The van der Waals surface area contributed by atoms with Crippen LogP contribution in [0.3, 0.4) is 0 Å². The molecule has 1 N–H and O–H groups in total. The van der Waals surface area contributed by atoms with Gasteiger partial charge in [-0.2, -0.15) is 0 Å². The molecule has 2 unspecified atom stereocenters. The number of amides is 1. The Hall–Kier alpha value is -1.06. The van der Waals surface area contributed by atoms with Crippen LogP contribution in [0.4, 0.5) is 0 Å². The summed E-state index contributed by atoms with van der Waals surface area (Å²) in [6, 6.07) is 7.69. The molecular weight excluding hydrogens is 260 g/mol. The van der Waals surface area contributed by atoms with Crippen molar-refractivity contribution in [1.29, 1.82) is 0 Å². The van der Waals surface area contributed by atoms with E-state index in [1.54, 1.807) is 0 Å². The molecule has 1 fully saturated rings. The Morgan fingerprint density at radius 1 is 1.47 bits per heavy atom. The largest absolute Gasteiger partial charge is 0.338 e. The van der Waals surface area contributed by atoms with Crippen LogP contribution in [0.15, 0.2) is 24.3 Å². The fourth-order valence-corrected chi connectivity index (χ4v) is 2.92. The van der Waals surface area contributed by atoms with Crippen LogP contribution in [0.1, 0.15) is 31.9 Å². The van der Waals surface area contributed by atoms with Gasteiger partial charge < -0.3 is 10.2 Å². The number of carbonyl (C=O) groups excluding carboxylic acids is 1. The predicted octanol–water partition coefficient (Wildman–Crippen LogP) is 2.86. The monoisotopic (exact) mass is 280 g/mol. The average molecular weight is 281 g/mol. The Balaban J connectivity index is 2.17. The molecule has 2 rings (SSSR count). The molecule has 104 valence electrons. The number of halogens is 1. The quantitative estimate of drug-likeness (QED) is 0.923. The fraction of sp³-hybridized carbons (Fsp3) is 0.533. The highest BCUT2D eigenvalue weighted by Gasteiger charge is 2.39. The van der Waals surface area contributed by atoms with Crippen LogP contribution < -0.4 is 5.32 Å². The molecule has 1 aliphatic heterocycles. The summed E-state index contributed by atoms with van der Waals surface area (Å²) in [5.74, 6) is 0.185. The lowest BCUT2D eigenvalue weighted by molar-refractivity contribution is -0.140. The molecule has 1 heterocycles. The normalized spacial score (nSPS) is 24.2. The van der Waals surface area contributed by atoms with E-state index < -0.39 is 0 Å². The van der Waals surface area contributed by atoms with Gasteiger partial charge in [0.15, 0.2) is 0 Å². The van der Waals surface area contributed by atoms with Gasteiger partial charge >= 0.3 is 0 Å². The van der Waals surface area contributed by atoms with Crippen molar-refractivity contribution in [3.63, 3.8) is 0 Å². The predicted molar refractivity (Wildman–Crippen MR) is 78.2 cm³/mol. The zero-order valence-corrected chi connectivity index (χ0v) is 12.5. The summed E-state index contributed by atoms with van der Waals surface area (Å²) in [5.41, 5.74) is 0.708. The SMILES string of the molecule is CC(c1ccccc1Cl)N(C)C(=O)C1(C)CCNC1. The van der Waals surface area contributed by atoms with E-state index in [9.17, 15) is 4.79 Å².